The number of aryl methyl sites for hydroxylation is 1. The summed E-state index contributed by atoms with van der Waals surface area (Å²) in [6.07, 6.45) is 8.03. The van der Waals surface area contributed by atoms with E-state index >= 15 is 0 Å². The molecule has 0 aromatic heterocycles. The van der Waals surface area contributed by atoms with E-state index in [-0.39, 0.29) is 0 Å². The third-order valence-electron chi connectivity index (χ3n) is 4.64. The van der Waals surface area contributed by atoms with Crippen LogP contribution in [0.2, 0.25) is 0 Å². The Morgan fingerprint density at radius 2 is 1.48 bits per heavy atom. The summed E-state index contributed by atoms with van der Waals surface area (Å²) >= 11 is 0. The van der Waals surface area contributed by atoms with Crippen LogP contribution in [-0.2, 0) is 13.2 Å². The summed E-state index contributed by atoms with van der Waals surface area (Å²) in [5, 5.41) is 3.56. The summed E-state index contributed by atoms with van der Waals surface area (Å²) in [7, 11) is 0. The number of para-hydroxylation sites is 1. The van der Waals surface area contributed by atoms with Gasteiger partial charge in [0.05, 0.1) is 0 Å². The van der Waals surface area contributed by atoms with Crippen molar-refractivity contribution in [3.63, 3.8) is 0 Å². The van der Waals surface area contributed by atoms with Crippen LogP contribution < -0.4 is 10.1 Å². The lowest BCUT2D eigenvalue weighted by molar-refractivity contribution is 0.301. The van der Waals surface area contributed by atoms with E-state index in [2.05, 4.69) is 61.6 Å². The van der Waals surface area contributed by atoms with Gasteiger partial charge in [-0.1, -0.05) is 81.5 Å². The zero-order valence-electron chi connectivity index (χ0n) is 15.9. The van der Waals surface area contributed by atoms with Crippen molar-refractivity contribution >= 4 is 0 Å². The fourth-order valence-electron chi connectivity index (χ4n) is 2.97. The average molecular weight is 340 g/mol. The number of ether oxygens (including phenoxy) is 1. The molecule has 2 aromatic rings. The highest BCUT2D eigenvalue weighted by Crippen LogP contribution is 2.20. The predicted octanol–water partition coefficient (Wildman–Crippen LogP) is 6.02. The molecular formula is C23H33NO. The first-order valence-corrected chi connectivity index (χ1v) is 9.77. The Morgan fingerprint density at radius 1 is 0.800 bits per heavy atom. The minimum atomic E-state index is 0.626. The summed E-state index contributed by atoms with van der Waals surface area (Å²) in [6.45, 7) is 6.98. The van der Waals surface area contributed by atoms with E-state index in [9.17, 15) is 0 Å². The fourth-order valence-corrected chi connectivity index (χ4v) is 2.97. The Morgan fingerprint density at radius 3 is 2.28 bits per heavy atom. The molecule has 136 valence electrons. The first-order valence-electron chi connectivity index (χ1n) is 9.77. The van der Waals surface area contributed by atoms with Crippen LogP contribution in [0.1, 0.15) is 62.1 Å². The minimum absolute atomic E-state index is 0.626. The van der Waals surface area contributed by atoms with Crippen molar-refractivity contribution in [2.24, 2.45) is 0 Å². The molecule has 0 unspecified atom stereocenters. The lowest BCUT2D eigenvalue weighted by Crippen LogP contribution is -2.15. The van der Waals surface area contributed by atoms with Gasteiger partial charge in [-0.25, -0.2) is 0 Å². The number of unbranched alkanes of at least 4 members (excludes halogenated alkanes) is 5. The molecule has 0 bridgehead atoms. The molecular weight excluding hydrogens is 306 g/mol. The van der Waals surface area contributed by atoms with Gasteiger partial charge in [0.15, 0.2) is 0 Å². The Labute approximate surface area is 153 Å². The van der Waals surface area contributed by atoms with Crippen molar-refractivity contribution in [1.29, 1.82) is 0 Å². The second kappa shape index (κ2) is 11.7. The maximum Gasteiger partial charge on any atom is 0.124 e. The number of hydrogen-bond donors (Lipinski definition) is 1. The Kier molecular flexibility index (Phi) is 9.14. The van der Waals surface area contributed by atoms with Crippen molar-refractivity contribution in [2.75, 3.05) is 6.54 Å². The zero-order valence-corrected chi connectivity index (χ0v) is 15.9. The van der Waals surface area contributed by atoms with Crippen LogP contribution in [0, 0.1) is 6.92 Å². The largest absolute Gasteiger partial charge is 0.489 e. The monoisotopic (exact) mass is 339 g/mol. The number of benzene rings is 2. The standard InChI is InChI=1S/C23H33NO/c1-3-4-5-6-7-12-17-24-18-21-14-10-11-16-23(21)25-19-22-15-9-8-13-20(22)2/h8-11,13-16,24H,3-7,12,17-19H2,1-2H3. The molecule has 2 rings (SSSR count). The van der Waals surface area contributed by atoms with E-state index in [4.69, 9.17) is 4.74 Å². The number of nitrogens with one attached hydrogen (secondary N) is 1. The molecule has 0 aliphatic heterocycles. The molecule has 2 aromatic carbocycles. The molecule has 0 saturated carbocycles. The summed E-state index contributed by atoms with van der Waals surface area (Å²) in [6, 6.07) is 16.8. The summed E-state index contributed by atoms with van der Waals surface area (Å²) in [5.41, 5.74) is 3.76. The smallest absolute Gasteiger partial charge is 0.124 e. The molecule has 0 atom stereocenters. The molecule has 25 heavy (non-hydrogen) atoms. The molecule has 1 N–H and O–H groups in total. The maximum absolute atomic E-state index is 6.09. The minimum Gasteiger partial charge on any atom is -0.489 e. The van der Waals surface area contributed by atoms with E-state index in [1.54, 1.807) is 0 Å². The van der Waals surface area contributed by atoms with Crippen molar-refractivity contribution in [1.82, 2.24) is 5.32 Å². The Balaban J connectivity index is 1.73. The fraction of sp³-hybridized carbons (Fsp3) is 0.478. The third-order valence-corrected chi connectivity index (χ3v) is 4.64. The van der Waals surface area contributed by atoms with E-state index in [0.717, 1.165) is 18.8 Å². The lowest BCUT2D eigenvalue weighted by atomic mass is 10.1. The molecule has 0 saturated heterocycles. The second-order valence-corrected chi connectivity index (χ2v) is 6.77. The van der Waals surface area contributed by atoms with Gasteiger partial charge in [0.1, 0.15) is 12.4 Å². The Hall–Kier alpha value is -1.80. The van der Waals surface area contributed by atoms with Gasteiger partial charge < -0.3 is 10.1 Å². The molecule has 2 heteroatoms. The van der Waals surface area contributed by atoms with Gasteiger partial charge in [0.25, 0.3) is 0 Å². The van der Waals surface area contributed by atoms with Gasteiger partial charge in [0.2, 0.25) is 0 Å². The van der Waals surface area contributed by atoms with Crippen LogP contribution in [0.15, 0.2) is 48.5 Å². The molecule has 0 aliphatic carbocycles. The van der Waals surface area contributed by atoms with Crippen LogP contribution in [0.4, 0.5) is 0 Å². The zero-order chi connectivity index (χ0) is 17.7. The quantitative estimate of drug-likeness (QED) is 0.477. The van der Waals surface area contributed by atoms with Gasteiger partial charge in [-0.3, -0.25) is 0 Å². The summed E-state index contributed by atoms with van der Waals surface area (Å²) in [5.74, 6) is 0.987. The van der Waals surface area contributed by atoms with E-state index in [1.807, 2.05) is 6.07 Å². The average Bonchev–Trinajstić information content (AvgIpc) is 2.64. The highest BCUT2D eigenvalue weighted by molar-refractivity contribution is 5.34. The summed E-state index contributed by atoms with van der Waals surface area (Å²) < 4.78 is 6.09. The Bertz CT molecular complexity index is 609. The van der Waals surface area contributed by atoms with Gasteiger partial charge in [-0.05, 0) is 37.1 Å². The van der Waals surface area contributed by atoms with Gasteiger partial charge >= 0.3 is 0 Å². The van der Waals surface area contributed by atoms with Gasteiger partial charge in [-0.15, -0.1) is 0 Å². The van der Waals surface area contributed by atoms with E-state index in [0.29, 0.717) is 6.61 Å². The van der Waals surface area contributed by atoms with Crippen molar-refractivity contribution in [3.8, 4) is 5.75 Å². The molecule has 2 nitrogen and oxygen atoms in total. The van der Waals surface area contributed by atoms with Crippen molar-refractivity contribution in [3.05, 3.63) is 65.2 Å². The highest BCUT2D eigenvalue weighted by Gasteiger charge is 2.04. The number of rotatable bonds is 12. The summed E-state index contributed by atoms with van der Waals surface area (Å²) in [4.78, 5) is 0. The van der Waals surface area contributed by atoms with Crippen LogP contribution in [0.25, 0.3) is 0 Å². The van der Waals surface area contributed by atoms with Crippen LogP contribution in [0.3, 0.4) is 0 Å². The predicted molar refractivity (Wildman–Crippen MR) is 107 cm³/mol. The molecule has 0 spiro atoms. The molecule has 0 aliphatic rings. The first-order chi connectivity index (χ1) is 12.3. The molecule has 0 fully saturated rings. The molecule has 0 amide bonds. The molecule has 0 radical (unpaired) electrons. The highest BCUT2D eigenvalue weighted by atomic mass is 16.5. The lowest BCUT2D eigenvalue weighted by Gasteiger charge is -2.13. The number of hydrogen-bond acceptors (Lipinski definition) is 2. The van der Waals surface area contributed by atoms with E-state index in [1.165, 1.54) is 55.2 Å². The van der Waals surface area contributed by atoms with Gasteiger partial charge in [-0.2, -0.15) is 0 Å². The van der Waals surface area contributed by atoms with Crippen LogP contribution >= 0.6 is 0 Å². The normalized spacial score (nSPS) is 10.8. The second-order valence-electron chi connectivity index (χ2n) is 6.77. The van der Waals surface area contributed by atoms with Crippen LogP contribution in [-0.4, -0.2) is 6.54 Å². The van der Waals surface area contributed by atoms with Crippen molar-refractivity contribution in [2.45, 2.75) is 65.5 Å². The maximum atomic E-state index is 6.09. The van der Waals surface area contributed by atoms with Crippen LogP contribution in [0.5, 0.6) is 5.75 Å². The van der Waals surface area contributed by atoms with Crippen molar-refractivity contribution < 1.29 is 4.74 Å². The SMILES string of the molecule is CCCCCCCCNCc1ccccc1OCc1ccccc1C. The van der Waals surface area contributed by atoms with E-state index < -0.39 is 0 Å². The topological polar surface area (TPSA) is 21.3 Å². The molecule has 0 heterocycles. The van der Waals surface area contributed by atoms with Gasteiger partial charge in [0, 0.05) is 12.1 Å². The first kappa shape index (κ1) is 19.5. The third kappa shape index (κ3) is 7.31.